The van der Waals surface area contributed by atoms with E-state index in [1.165, 1.54) is 16.3 Å². The van der Waals surface area contributed by atoms with E-state index in [-0.39, 0.29) is 0 Å². The average molecular weight is 234 g/mol. The first-order chi connectivity index (χ1) is 8.20. The zero-order chi connectivity index (χ0) is 12.3. The summed E-state index contributed by atoms with van der Waals surface area (Å²) in [5.41, 5.74) is 2.72. The monoisotopic (exact) mass is 234 g/mol. The largest absolute Gasteiger partial charge is 0.371 e. The number of piperidine rings is 1. The molecule has 1 aromatic rings. The maximum atomic E-state index is 9.43. The molecular weight excluding hydrogens is 212 g/mol. The molecule has 0 bridgehead atoms. The fraction of sp³-hybridized carbons (Fsp3) is 0.571. The first-order valence-corrected chi connectivity index (χ1v) is 6.46. The summed E-state index contributed by atoms with van der Waals surface area (Å²) in [6.45, 7) is 4.25. The van der Waals surface area contributed by atoms with E-state index < -0.39 is 0 Å². The van der Waals surface area contributed by atoms with Gasteiger partial charge in [-0.15, -0.1) is 0 Å². The Labute approximate surface area is 104 Å². The van der Waals surface area contributed by atoms with Crippen LogP contribution in [0.25, 0.3) is 0 Å². The van der Waals surface area contributed by atoms with Crippen LogP contribution >= 0.6 is 0 Å². The summed E-state index contributed by atoms with van der Waals surface area (Å²) in [4.78, 5) is 2.42. The van der Waals surface area contributed by atoms with Crippen molar-refractivity contribution >= 4 is 5.69 Å². The highest BCUT2D eigenvalue weighted by atomic mass is 16.5. The van der Waals surface area contributed by atoms with Gasteiger partial charge < -0.3 is 10.1 Å². The molecule has 0 unspecified atom stereocenters. The van der Waals surface area contributed by atoms with Gasteiger partial charge >= 0.3 is 0 Å². The molecule has 0 amide bonds. The predicted molar refractivity (Wildman–Crippen MR) is 70.6 cm³/mol. The van der Waals surface area contributed by atoms with Gasteiger partial charge in [-0.1, -0.05) is 19.1 Å². The van der Waals surface area contributed by atoms with E-state index in [0.29, 0.717) is 6.04 Å². The third-order valence-corrected chi connectivity index (χ3v) is 3.68. The second-order valence-corrected chi connectivity index (χ2v) is 4.82. The molecule has 2 rings (SSSR count). The van der Waals surface area contributed by atoms with Gasteiger partial charge in [0.1, 0.15) is 0 Å². The van der Waals surface area contributed by atoms with Crippen LogP contribution in [0.15, 0.2) is 24.3 Å². The third kappa shape index (κ3) is 2.99. The highest BCUT2D eigenvalue weighted by molar-refractivity contribution is 5.49. The average Bonchev–Trinajstić information content (AvgIpc) is 2.39. The van der Waals surface area contributed by atoms with Crippen LogP contribution in [0.2, 0.25) is 0 Å². The van der Waals surface area contributed by atoms with E-state index in [9.17, 15) is 5.21 Å². The number of benzene rings is 1. The first-order valence-electron chi connectivity index (χ1n) is 6.46. The van der Waals surface area contributed by atoms with Crippen LogP contribution in [-0.2, 0) is 6.42 Å². The van der Waals surface area contributed by atoms with E-state index in [0.717, 1.165) is 32.4 Å². The summed E-state index contributed by atoms with van der Waals surface area (Å²) in [5, 5.41) is 10.8. The van der Waals surface area contributed by atoms with Crippen LogP contribution < -0.4 is 4.90 Å². The summed E-state index contributed by atoms with van der Waals surface area (Å²) in [6, 6.07) is 9.10. The Morgan fingerprint density at radius 3 is 2.65 bits per heavy atom. The first kappa shape index (κ1) is 12.4. The van der Waals surface area contributed by atoms with E-state index in [1.807, 2.05) is 0 Å². The van der Waals surface area contributed by atoms with Crippen LogP contribution in [0.5, 0.6) is 0 Å². The van der Waals surface area contributed by atoms with Crippen molar-refractivity contribution in [3.05, 3.63) is 29.8 Å². The fourth-order valence-corrected chi connectivity index (χ4v) is 2.47. The van der Waals surface area contributed by atoms with Crippen molar-refractivity contribution < 1.29 is 5.21 Å². The number of rotatable bonds is 3. The van der Waals surface area contributed by atoms with E-state index >= 15 is 0 Å². The Hall–Kier alpha value is -1.06. The molecule has 0 spiro atoms. The van der Waals surface area contributed by atoms with Crippen LogP contribution in [0, 0.1) is 0 Å². The second kappa shape index (κ2) is 5.52. The molecule has 0 radical (unpaired) electrons. The molecule has 1 aromatic carbocycles. The van der Waals surface area contributed by atoms with Crippen molar-refractivity contribution in [3.63, 3.8) is 0 Å². The lowest BCUT2D eigenvalue weighted by molar-refractivity contribution is -0.108. The summed E-state index contributed by atoms with van der Waals surface area (Å²) in [6.07, 6.45) is 3.15. The zero-order valence-corrected chi connectivity index (χ0v) is 10.8. The predicted octanol–water partition coefficient (Wildman–Crippen LogP) is 2.54. The normalized spacial score (nSPS) is 17.8. The second-order valence-electron chi connectivity index (χ2n) is 4.82. The van der Waals surface area contributed by atoms with Gasteiger partial charge in [0, 0.05) is 31.9 Å². The van der Waals surface area contributed by atoms with Gasteiger partial charge in [-0.3, -0.25) is 0 Å². The molecule has 94 valence electrons. The van der Waals surface area contributed by atoms with Crippen molar-refractivity contribution in [2.45, 2.75) is 32.2 Å². The molecule has 17 heavy (non-hydrogen) atoms. The lowest BCUT2D eigenvalue weighted by atomic mass is 10.0. The molecule has 1 heterocycles. The van der Waals surface area contributed by atoms with Crippen LogP contribution in [-0.4, -0.2) is 36.4 Å². The Morgan fingerprint density at radius 2 is 2.06 bits per heavy atom. The maximum Gasteiger partial charge on any atom is 0.0380 e. The Balaban J connectivity index is 2.00. The fourth-order valence-electron chi connectivity index (χ4n) is 2.47. The summed E-state index contributed by atoms with van der Waals surface area (Å²) in [5.74, 6) is 0. The molecule has 1 N–H and O–H groups in total. The van der Waals surface area contributed by atoms with Crippen molar-refractivity contribution in [2.24, 2.45) is 0 Å². The molecule has 1 fully saturated rings. The molecule has 1 aliphatic rings. The summed E-state index contributed by atoms with van der Waals surface area (Å²) < 4.78 is 0. The van der Waals surface area contributed by atoms with Crippen molar-refractivity contribution in [3.8, 4) is 0 Å². The topological polar surface area (TPSA) is 26.7 Å². The maximum absolute atomic E-state index is 9.43. The lowest BCUT2D eigenvalue weighted by Crippen LogP contribution is -2.42. The number of hydrogen-bond acceptors (Lipinski definition) is 3. The number of hydroxylamine groups is 2. The molecule has 0 aromatic heterocycles. The van der Waals surface area contributed by atoms with Gasteiger partial charge in [-0.05, 0) is 37.0 Å². The molecule has 1 aliphatic heterocycles. The third-order valence-electron chi connectivity index (χ3n) is 3.68. The molecule has 0 aliphatic carbocycles. The van der Waals surface area contributed by atoms with Gasteiger partial charge in [0.05, 0.1) is 0 Å². The van der Waals surface area contributed by atoms with Gasteiger partial charge in [-0.25, -0.2) is 0 Å². The van der Waals surface area contributed by atoms with Gasteiger partial charge in [0.2, 0.25) is 0 Å². The lowest BCUT2D eigenvalue weighted by Gasteiger charge is -2.35. The van der Waals surface area contributed by atoms with Crippen LogP contribution in [0.4, 0.5) is 5.69 Å². The Kier molecular flexibility index (Phi) is 4.02. The smallest absolute Gasteiger partial charge is 0.0380 e. The standard InChI is InChI=1S/C14H22N2O/c1-3-12-5-4-6-14(11-12)16-9-7-13(8-10-16)15(2)17/h4-6,11,13,17H,3,7-10H2,1-2H3. The minimum absolute atomic E-state index is 0.320. The van der Waals surface area contributed by atoms with Crippen LogP contribution in [0.3, 0.4) is 0 Å². The zero-order valence-electron chi connectivity index (χ0n) is 10.8. The van der Waals surface area contributed by atoms with Crippen molar-refractivity contribution in [1.82, 2.24) is 5.06 Å². The highest BCUT2D eigenvalue weighted by Gasteiger charge is 2.21. The quantitative estimate of drug-likeness (QED) is 0.814. The van der Waals surface area contributed by atoms with Gasteiger partial charge in [0.15, 0.2) is 0 Å². The number of aryl methyl sites for hydroxylation is 1. The van der Waals surface area contributed by atoms with E-state index in [1.54, 1.807) is 7.05 Å². The SMILES string of the molecule is CCc1cccc(N2CCC(N(C)O)CC2)c1. The van der Waals surface area contributed by atoms with Crippen molar-refractivity contribution in [2.75, 3.05) is 25.0 Å². The van der Waals surface area contributed by atoms with Gasteiger partial charge in [-0.2, -0.15) is 5.06 Å². The number of nitrogens with zero attached hydrogens (tertiary/aromatic N) is 2. The molecule has 0 saturated carbocycles. The van der Waals surface area contributed by atoms with E-state index in [2.05, 4.69) is 36.1 Å². The molecule has 0 atom stereocenters. The minimum Gasteiger partial charge on any atom is -0.371 e. The Bertz CT molecular complexity index is 357. The Morgan fingerprint density at radius 1 is 1.35 bits per heavy atom. The van der Waals surface area contributed by atoms with Crippen molar-refractivity contribution in [1.29, 1.82) is 0 Å². The minimum atomic E-state index is 0.320. The summed E-state index contributed by atoms with van der Waals surface area (Å²) in [7, 11) is 1.75. The number of anilines is 1. The molecule has 1 saturated heterocycles. The van der Waals surface area contributed by atoms with Crippen LogP contribution in [0.1, 0.15) is 25.3 Å². The highest BCUT2D eigenvalue weighted by Crippen LogP contribution is 2.22. The van der Waals surface area contributed by atoms with Gasteiger partial charge in [0.25, 0.3) is 0 Å². The summed E-state index contributed by atoms with van der Waals surface area (Å²) >= 11 is 0. The molecular formula is C14H22N2O. The number of hydrogen-bond donors (Lipinski definition) is 1. The van der Waals surface area contributed by atoms with E-state index in [4.69, 9.17) is 0 Å². The molecule has 3 nitrogen and oxygen atoms in total. The molecule has 3 heteroatoms.